The Bertz CT molecular complexity index is 1830. The number of allylic oxidation sites excluding steroid dienone is 7. The highest BCUT2D eigenvalue weighted by Crippen LogP contribution is 2.68. The van der Waals surface area contributed by atoms with Gasteiger partial charge in [-0.05, 0) is 107 Å². The number of hydrogen-bond acceptors (Lipinski definition) is 9. The summed E-state index contributed by atoms with van der Waals surface area (Å²) in [5.41, 5.74) is 0.569. The molecule has 1 saturated carbocycles. The van der Waals surface area contributed by atoms with Crippen molar-refractivity contribution in [3.05, 3.63) is 74.9 Å². The van der Waals surface area contributed by atoms with Crippen LogP contribution in [0.5, 0.6) is 17.2 Å². The Morgan fingerprint density at radius 3 is 2.26 bits per heavy atom. The van der Waals surface area contributed by atoms with Crippen molar-refractivity contribution in [2.45, 2.75) is 131 Å². The van der Waals surface area contributed by atoms with E-state index in [-0.39, 0.29) is 60.0 Å². The van der Waals surface area contributed by atoms with E-state index in [2.05, 4.69) is 38.7 Å². The third-order valence-corrected chi connectivity index (χ3v) is 11.9. The minimum Gasteiger partial charge on any atom is -0.507 e. The predicted octanol–water partition coefficient (Wildman–Crippen LogP) is 8.46. The second-order valence-corrected chi connectivity index (χ2v) is 16.6. The van der Waals surface area contributed by atoms with Crippen LogP contribution in [0.25, 0.3) is 0 Å². The van der Waals surface area contributed by atoms with Gasteiger partial charge in [-0.1, -0.05) is 60.9 Å². The van der Waals surface area contributed by atoms with E-state index < -0.39 is 40.4 Å². The Morgan fingerprint density at radius 2 is 1.61 bits per heavy atom. The minimum atomic E-state index is -1.63. The fraction of sp³-hybridized carbons (Fsp3) is 0.578. The zero-order chi connectivity index (χ0) is 39.7. The molecule has 2 fully saturated rings. The van der Waals surface area contributed by atoms with E-state index in [0.29, 0.717) is 29.6 Å². The molecule has 2 aliphatic heterocycles. The monoisotopic (exact) mass is 743 g/mol. The molecule has 4 atom stereocenters. The Morgan fingerprint density at radius 1 is 0.944 bits per heavy atom. The first-order valence-corrected chi connectivity index (χ1v) is 19.7. The highest BCUT2D eigenvalue weighted by Gasteiger charge is 2.81. The number of Topliss-reactive ketones (excluding diaryl/α,β-unsaturated/α-hetero) is 2. The number of carbonyl (C=O) groups is 3. The maximum atomic E-state index is 14.9. The molecule has 0 amide bonds. The lowest BCUT2D eigenvalue weighted by Crippen LogP contribution is -2.72. The van der Waals surface area contributed by atoms with Crippen molar-refractivity contribution in [1.29, 1.82) is 0 Å². The van der Waals surface area contributed by atoms with Gasteiger partial charge in [-0.25, -0.2) is 4.79 Å². The first kappa shape index (κ1) is 41.2. The van der Waals surface area contributed by atoms with Gasteiger partial charge in [-0.15, -0.1) is 0 Å². The number of aromatic hydroxyl groups is 2. The molecule has 294 valence electrons. The van der Waals surface area contributed by atoms with Crippen LogP contribution in [0.15, 0.2) is 58.2 Å². The Labute approximate surface area is 321 Å². The number of hydrogen-bond donors (Lipinski definition) is 2. The Balaban J connectivity index is 1.57. The minimum absolute atomic E-state index is 0.000192. The molecule has 2 heterocycles. The van der Waals surface area contributed by atoms with Crippen molar-refractivity contribution >= 4 is 17.5 Å². The van der Waals surface area contributed by atoms with E-state index in [0.717, 1.165) is 43.6 Å². The first-order chi connectivity index (χ1) is 25.4. The normalized spacial score (nSPS) is 25.2. The van der Waals surface area contributed by atoms with E-state index >= 15 is 0 Å². The molecule has 0 radical (unpaired) electrons. The molecule has 5 aliphatic rings. The van der Waals surface area contributed by atoms with Crippen LogP contribution in [0.3, 0.4) is 0 Å². The maximum Gasteiger partial charge on any atom is 0.333 e. The second-order valence-electron chi connectivity index (χ2n) is 16.6. The average molecular weight is 744 g/mol. The van der Waals surface area contributed by atoms with Crippen LogP contribution in [0, 0.1) is 11.8 Å². The predicted molar refractivity (Wildman–Crippen MR) is 211 cm³/mol. The van der Waals surface area contributed by atoms with Gasteiger partial charge in [0.05, 0.1) is 12.2 Å². The van der Waals surface area contributed by atoms with E-state index in [1.54, 1.807) is 19.1 Å². The summed E-state index contributed by atoms with van der Waals surface area (Å²) in [5.74, 6) is -2.48. The number of rotatable bonds is 16. The summed E-state index contributed by atoms with van der Waals surface area (Å²) in [6.45, 7) is 22.7. The van der Waals surface area contributed by atoms with Crippen LogP contribution in [-0.2, 0) is 31.9 Å². The van der Waals surface area contributed by atoms with Crippen LogP contribution in [-0.4, -0.2) is 75.7 Å². The van der Waals surface area contributed by atoms with Gasteiger partial charge >= 0.3 is 5.97 Å². The molecular weight excluding hydrogens is 682 g/mol. The molecule has 1 saturated heterocycles. The third-order valence-electron chi connectivity index (χ3n) is 11.9. The average Bonchev–Trinajstić information content (AvgIpc) is 3.26. The zero-order valence-electron chi connectivity index (χ0n) is 34.1. The van der Waals surface area contributed by atoms with Crippen LogP contribution < -0.4 is 4.74 Å². The molecule has 3 aliphatic carbocycles. The highest BCUT2D eigenvalue weighted by molar-refractivity contribution is 6.18. The number of nitrogens with zero attached hydrogens (tertiary/aromatic N) is 1. The number of ketones is 2. The summed E-state index contributed by atoms with van der Waals surface area (Å²) < 4.78 is 19.5. The molecule has 9 nitrogen and oxygen atoms in total. The van der Waals surface area contributed by atoms with E-state index in [9.17, 15) is 24.6 Å². The van der Waals surface area contributed by atoms with Gasteiger partial charge in [-0.2, -0.15) is 0 Å². The van der Waals surface area contributed by atoms with E-state index in [1.807, 2.05) is 46.8 Å². The van der Waals surface area contributed by atoms with E-state index in [1.165, 1.54) is 5.57 Å². The van der Waals surface area contributed by atoms with Gasteiger partial charge in [0.1, 0.15) is 22.8 Å². The first-order valence-electron chi connectivity index (χ1n) is 19.7. The Kier molecular flexibility index (Phi) is 12.2. The fourth-order valence-corrected chi connectivity index (χ4v) is 8.90. The van der Waals surface area contributed by atoms with E-state index in [4.69, 9.17) is 14.2 Å². The summed E-state index contributed by atoms with van der Waals surface area (Å²) in [6, 6.07) is 0. The molecule has 0 aromatic heterocycles. The van der Waals surface area contributed by atoms with Crippen LogP contribution >= 0.6 is 0 Å². The van der Waals surface area contributed by atoms with Crippen molar-refractivity contribution in [2.24, 2.45) is 11.8 Å². The zero-order valence-corrected chi connectivity index (χ0v) is 34.1. The standard InChI is InChI=1S/C45H61NO8/c1-11-46(12-2)23-14-24-52-42(51)30(8)21-22-44-41(50)31-25-34-39(49)36-38(48)32(20-18-29(7)16-13-15-27(3)4)37(47)33(19-17-28(5)6)40(36)53-45(34,44)35(26-31)43(9,10)54-44/h15,17-18,21,25,31,35,47-48H,11-14,16,19-20,22-24,26H2,1-10H3/b29-18+,30-21+. The lowest BCUT2D eigenvalue weighted by Gasteiger charge is -2.56. The molecule has 1 aromatic rings. The van der Waals surface area contributed by atoms with Crippen molar-refractivity contribution in [1.82, 2.24) is 4.90 Å². The number of carbonyl (C=O) groups excluding carboxylic acids is 3. The quantitative estimate of drug-likeness (QED) is 0.0743. The summed E-state index contributed by atoms with van der Waals surface area (Å²) in [6.07, 6.45) is 12.8. The smallest absolute Gasteiger partial charge is 0.333 e. The Hall–Kier alpha value is -3.95. The van der Waals surface area contributed by atoms with Gasteiger partial charge in [0.15, 0.2) is 22.8 Å². The summed E-state index contributed by atoms with van der Waals surface area (Å²) in [7, 11) is 0. The SMILES string of the molecule is CCN(CC)CCCOC(=O)/C(C)=C/CC12OC(C)(C)C3CC(C=C4C(=O)c5c(O)c(C/C=C(\C)CCC=C(C)C)c(O)c(CC=C(C)C)c5OC431)C2=O. The molecular formula is C45H61NO8. The summed E-state index contributed by atoms with van der Waals surface area (Å²) in [5, 5.41) is 23.8. The lowest BCUT2D eigenvalue weighted by atomic mass is 9.51. The topological polar surface area (TPSA) is 123 Å². The van der Waals surface area contributed by atoms with Gasteiger partial charge in [0.25, 0.3) is 0 Å². The maximum absolute atomic E-state index is 14.9. The van der Waals surface area contributed by atoms with Crippen LogP contribution in [0.4, 0.5) is 0 Å². The second kappa shape index (κ2) is 16.0. The molecule has 1 spiro atoms. The third kappa shape index (κ3) is 7.26. The molecule has 4 unspecified atom stereocenters. The van der Waals surface area contributed by atoms with Gasteiger partial charge in [0, 0.05) is 47.1 Å². The number of fused-ring (bicyclic) bond motifs is 1. The molecule has 6 rings (SSSR count). The van der Waals surface area contributed by atoms with Crippen molar-refractivity contribution in [2.75, 3.05) is 26.2 Å². The number of phenolic OH excluding ortho intramolecular Hbond substituents is 2. The number of ether oxygens (including phenoxy) is 3. The number of benzene rings is 1. The van der Waals surface area contributed by atoms with Crippen LogP contribution in [0.1, 0.15) is 123 Å². The van der Waals surface area contributed by atoms with Crippen molar-refractivity contribution in [3.63, 3.8) is 0 Å². The molecule has 54 heavy (non-hydrogen) atoms. The molecule has 1 aromatic carbocycles. The van der Waals surface area contributed by atoms with Crippen molar-refractivity contribution in [3.8, 4) is 17.2 Å². The molecule has 2 N–H and O–H groups in total. The fourth-order valence-electron chi connectivity index (χ4n) is 8.90. The molecule has 4 bridgehead atoms. The summed E-state index contributed by atoms with van der Waals surface area (Å²) in [4.78, 5) is 44.9. The van der Waals surface area contributed by atoms with Gasteiger partial charge in [-0.3, -0.25) is 9.59 Å². The lowest BCUT2D eigenvalue weighted by molar-refractivity contribution is -0.171. The largest absolute Gasteiger partial charge is 0.507 e. The number of phenols is 2. The highest BCUT2D eigenvalue weighted by atomic mass is 16.6. The van der Waals surface area contributed by atoms with Gasteiger partial charge < -0.3 is 29.3 Å². The summed E-state index contributed by atoms with van der Waals surface area (Å²) >= 11 is 0. The molecule has 9 heteroatoms. The van der Waals surface area contributed by atoms with Crippen molar-refractivity contribution < 1.29 is 38.8 Å². The van der Waals surface area contributed by atoms with Crippen LogP contribution in [0.2, 0.25) is 0 Å². The number of esters is 1. The van der Waals surface area contributed by atoms with Gasteiger partial charge in [0.2, 0.25) is 0 Å².